The molecule has 0 heterocycles. The van der Waals surface area contributed by atoms with Crippen molar-refractivity contribution in [1.82, 2.24) is 10.6 Å². The van der Waals surface area contributed by atoms with E-state index in [4.69, 9.17) is 0 Å². The highest BCUT2D eigenvalue weighted by molar-refractivity contribution is 5.26. The lowest BCUT2D eigenvalue weighted by atomic mass is 10.0. The average Bonchev–Trinajstić information content (AvgIpc) is 2.24. The van der Waals surface area contributed by atoms with Gasteiger partial charge in [-0.15, -0.1) is 0 Å². The normalized spacial score (nSPS) is 12.8. The zero-order valence-electron chi connectivity index (χ0n) is 9.60. The van der Waals surface area contributed by atoms with Crippen molar-refractivity contribution in [3.63, 3.8) is 0 Å². The molecule has 0 aromatic heterocycles. The monoisotopic (exact) mass is 210 g/mol. The van der Waals surface area contributed by atoms with Crippen LogP contribution < -0.4 is 10.6 Å². The van der Waals surface area contributed by atoms with Crippen LogP contribution in [-0.4, -0.2) is 20.1 Å². The molecule has 0 spiro atoms. The fourth-order valence-electron chi connectivity index (χ4n) is 1.56. The summed E-state index contributed by atoms with van der Waals surface area (Å²) in [6.45, 7) is 5.66. The first-order chi connectivity index (χ1) is 7.19. The molecule has 0 aliphatic rings. The molecule has 0 bridgehead atoms. The average molecular weight is 210 g/mol. The SMILES string of the molecule is CCNCC(NC)c1ccc(F)c(C)c1. The summed E-state index contributed by atoms with van der Waals surface area (Å²) in [5.41, 5.74) is 1.82. The molecule has 1 atom stereocenters. The Hall–Kier alpha value is -0.930. The van der Waals surface area contributed by atoms with E-state index in [1.165, 1.54) is 6.07 Å². The lowest BCUT2D eigenvalue weighted by molar-refractivity contribution is 0.535. The molecule has 1 unspecified atom stereocenters. The highest BCUT2D eigenvalue weighted by Crippen LogP contribution is 2.15. The van der Waals surface area contributed by atoms with Gasteiger partial charge in [-0.25, -0.2) is 4.39 Å². The van der Waals surface area contributed by atoms with Crippen LogP contribution in [0.5, 0.6) is 0 Å². The van der Waals surface area contributed by atoms with E-state index in [0.717, 1.165) is 18.7 Å². The number of nitrogens with one attached hydrogen (secondary N) is 2. The zero-order valence-corrected chi connectivity index (χ0v) is 9.60. The van der Waals surface area contributed by atoms with Gasteiger partial charge in [0.2, 0.25) is 0 Å². The van der Waals surface area contributed by atoms with E-state index in [1.807, 2.05) is 19.2 Å². The van der Waals surface area contributed by atoms with E-state index >= 15 is 0 Å². The van der Waals surface area contributed by atoms with E-state index in [2.05, 4.69) is 17.6 Å². The fraction of sp³-hybridized carbons (Fsp3) is 0.500. The van der Waals surface area contributed by atoms with Crippen molar-refractivity contribution in [2.45, 2.75) is 19.9 Å². The Morgan fingerprint density at radius 3 is 2.67 bits per heavy atom. The number of halogens is 1. The molecule has 2 N–H and O–H groups in total. The second kappa shape index (κ2) is 5.83. The van der Waals surface area contributed by atoms with Crippen LogP contribution in [0.25, 0.3) is 0 Å². The van der Waals surface area contributed by atoms with Gasteiger partial charge in [0.1, 0.15) is 5.82 Å². The van der Waals surface area contributed by atoms with Crippen molar-refractivity contribution in [3.05, 3.63) is 35.1 Å². The number of hydrogen-bond acceptors (Lipinski definition) is 2. The van der Waals surface area contributed by atoms with Crippen LogP contribution in [0.1, 0.15) is 24.1 Å². The van der Waals surface area contributed by atoms with Crippen LogP contribution in [0.3, 0.4) is 0 Å². The Morgan fingerprint density at radius 1 is 1.40 bits per heavy atom. The molecule has 1 rings (SSSR count). The smallest absolute Gasteiger partial charge is 0.126 e. The highest BCUT2D eigenvalue weighted by Gasteiger charge is 2.09. The Labute approximate surface area is 90.9 Å². The first-order valence-electron chi connectivity index (χ1n) is 5.33. The molecule has 3 heteroatoms. The van der Waals surface area contributed by atoms with Crippen molar-refractivity contribution in [1.29, 1.82) is 0 Å². The molecule has 0 saturated heterocycles. The summed E-state index contributed by atoms with van der Waals surface area (Å²) >= 11 is 0. The molecular formula is C12H19FN2. The minimum Gasteiger partial charge on any atom is -0.315 e. The molecule has 0 aliphatic carbocycles. The lowest BCUT2D eigenvalue weighted by Gasteiger charge is -2.17. The molecule has 0 radical (unpaired) electrons. The maximum atomic E-state index is 13.1. The van der Waals surface area contributed by atoms with Crippen LogP contribution in [0.4, 0.5) is 4.39 Å². The maximum absolute atomic E-state index is 13.1. The van der Waals surface area contributed by atoms with Gasteiger partial charge in [-0.05, 0) is 37.7 Å². The van der Waals surface area contributed by atoms with Gasteiger partial charge in [0, 0.05) is 12.6 Å². The Bertz CT molecular complexity index is 312. The molecule has 0 saturated carbocycles. The molecule has 15 heavy (non-hydrogen) atoms. The second-order valence-corrected chi connectivity index (χ2v) is 3.66. The van der Waals surface area contributed by atoms with Crippen LogP contribution in [0.15, 0.2) is 18.2 Å². The zero-order chi connectivity index (χ0) is 11.3. The minimum atomic E-state index is -0.142. The van der Waals surface area contributed by atoms with E-state index in [1.54, 1.807) is 6.92 Å². The Kier molecular flexibility index (Phi) is 4.72. The second-order valence-electron chi connectivity index (χ2n) is 3.66. The number of rotatable bonds is 5. The molecule has 2 nitrogen and oxygen atoms in total. The van der Waals surface area contributed by atoms with Gasteiger partial charge in [-0.3, -0.25) is 0 Å². The molecule has 0 aliphatic heterocycles. The maximum Gasteiger partial charge on any atom is 0.126 e. The summed E-state index contributed by atoms with van der Waals surface area (Å²) in [6.07, 6.45) is 0. The Morgan fingerprint density at radius 2 is 2.13 bits per heavy atom. The summed E-state index contributed by atoms with van der Waals surface area (Å²) in [5.74, 6) is -0.142. The molecule has 0 amide bonds. The topological polar surface area (TPSA) is 24.1 Å². The van der Waals surface area contributed by atoms with Gasteiger partial charge >= 0.3 is 0 Å². The van der Waals surface area contributed by atoms with Crippen molar-refractivity contribution in [2.75, 3.05) is 20.1 Å². The van der Waals surface area contributed by atoms with E-state index in [9.17, 15) is 4.39 Å². The number of likely N-dealkylation sites (N-methyl/N-ethyl adjacent to an activating group) is 2. The summed E-state index contributed by atoms with van der Waals surface area (Å²) in [6, 6.07) is 5.50. The van der Waals surface area contributed by atoms with Crippen LogP contribution in [0.2, 0.25) is 0 Å². The number of aryl methyl sites for hydroxylation is 1. The van der Waals surface area contributed by atoms with Crippen molar-refractivity contribution >= 4 is 0 Å². The third kappa shape index (κ3) is 3.29. The summed E-state index contributed by atoms with van der Waals surface area (Å²) in [7, 11) is 1.92. The predicted octanol–water partition coefficient (Wildman–Crippen LogP) is 2.00. The summed E-state index contributed by atoms with van der Waals surface area (Å²) in [4.78, 5) is 0. The lowest BCUT2D eigenvalue weighted by Crippen LogP contribution is -2.29. The Balaban J connectivity index is 2.78. The molecule has 1 aromatic carbocycles. The van der Waals surface area contributed by atoms with E-state index < -0.39 is 0 Å². The van der Waals surface area contributed by atoms with Gasteiger partial charge in [-0.2, -0.15) is 0 Å². The third-order valence-electron chi connectivity index (χ3n) is 2.53. The van der Waals surface area contributed by atoms with Crippen LogP contribution >= 0.6 is 0 Å². The first-order valence-corrected chi connectivity index (χ1v) is 5.33. The van der Waals surface area contributed by atoms with Gasteiger partial charge in [-0.1, -0.05) is 19.1 Å². The van der Waals surface area contributed by atoms with Crippen LogP contribution in [0, 0.1) is 12.7 Å². The number of hydrogen-bond donors (Lipinski definition) is 2. The predicted molar refractivity (Wildman–Crippen MR) is 61.5 cm³/mol. The summed E-state index contributed by atoms with van der Waals surface area (Å²) in [5, 5.41) is 6.49. The fourth-order valence-corrected chi connectivity index (χ4v) is 1.56. The molecule has 84 valence electrons. The van der Waals surface area contributed by atoms with Gasteiger partial charge in [0.05, 0.1) is 0 Å². The molecular weight excluding hydrogens is 191 g/mol. The van der Waals surface area contributed by atoms with Gasteiger partial charge in [0.25, 0.3) is 0 Å². The number of benzene rings is 1. The molecule has 0 fully saturated rings. The van der Waals surface area contributed by atoms with Gasteiger partial charge < -0.3 is 10.6 Å². The van der Waals surface area contributed by atoms with Gasteiger partial charge in [0.15, 0.2) is 0 Å². The quantitative estimate of drug-likeness (QED) is 0.776. The van der Waals surface area contributed by atoms with Crippen LogP contribution in [-0.2, 0) is 0 Å². The minimum absolute atomic E-state index is 0.142. The third-order valence-corrected chi connectivity index (χ3v) is 2.53. The summed E-state index contributed by atoms with van der Waals surface area (Å²) < 4.78 is 13.1. The highest BCUT2D eigenvalue weighted by atomic mass is 19.1. The first kappa shape index (κ1) is 12.1. The standard InChI is InChI=1S/C12H19FN2/c1-4-15-8-12(14-3)10-5-6-11(13)9(2)7-10/h5-7,12,14-15H,4,8H2,1-3H3. The van der Waals surface area contributed by atoms with Crippen molar-refractivity contribution in [2.24, 2.45) is 0 Å². The van der Waals surface area contributed by atoms with Crippen molar-refractivity contribution < 1.29 is 4.39 Å². The van der Waals surface area contributed by atoms with E-state index in [0.29, 0.717) is 5.56 Å². The van der Waals surface area contributed by atoms with Crippen molar-refractivity contribution in [3.8, 4) is 0 Å². The van der Waals surface area contributed by atoms with E-state index in [-0.39, 0.29) is 11.9 Å². The molecule has 1 aromatic rings. The largest absolute Gasteiger partial charge is 0.315 e.